The molecule has 0 spiro atoms. The minimum absolute atomic E-state index is 0.286. The van der Waals surface area contributed by atoms with E-state index < -0.39 is 0 Å². The molecule has 0 atom stereocenters. The number of rotatable bonds is 4. The second kappa shape index (κ2) is 7.87. The number of amidine groups is 1. The maximum Gasteiger partial charge on any atom is 0.286 e. The molecule has 0 bridgehead atoms. The first kappa shape index (κ1) is 17.7. The molecule has 1 aliphatic heterocycles. The maximum atomic E-state index is 11.6. The van der Waals surface area contributed by atoms with Gasteiger partial charge < -0.3 is 10.5 Å². The molecule has 122 valence electrons. The van der Waals surface area contributed by atoms with Gasteiger partial charge in [0.1, 0.15) is 12.4 Å². The molecule has 24 heavy (non-hydrogen) atoms. The lowest BCUT2D eigenvalue weighted by atomic mass is 10.2. The third kappa shape index (κ3) is 4.51. The van der Waals surface area contributed by atoms with Crippen LogP contribution in [0.15, 0.2) is 52.4 Å². The molecule has 0 aromatic heterocycles. The van der Waals surface area contributed by atoms with Crippen molar-refractivity contribution in [3.63, 3.8) is 0 Å². The summed E-state index contributed by atoms with van der Waals surface area (Å²) in [5, 5.41) is 0.290. The molecule has 0 aliphatic carbocycles. The van der Waals surface area contributed by atoms with Gasteiger partial charge in [0.25, 0.3) is 5.91 Å². The minimum Gasteiger partial charge on any atom is -0.488 e. The molecular weight excluding hydrogens is 550 g/mol. The Hall–Kier alpha value is -1.07. The van der Waals surface area contributed by atoms with E-state index in [9.17, 15) is 4.79 Å². The Labute approximate surface area is 171 Å². The highest BCUT2D eigenvalue weighted by Gasteiger charge is 2.19. The van der Waals surface area contributed by atoms with Crippen molar-refractivity contribution in [1.29, 1.82) is 0 Å². The molecular formula is C17H12I2N2O2S. The highest BCUT2D eigenvalue weighted by atomic mass is 127. The van der Waals surface area contributed by atoms with Gasteiger partial charge in [-0.2, -0.15) is 4.99 Å². The summed E-state index contributed by atoms with van der Waals surface area (Å²) >= 11 is 5.70. The molecule has 1 amide bonds. The fourth-order valence-electron chi connectivity index (χ4n) is 2.04. The van der Waals surface area contributed by atoms with Crippen LogP contribution >= 0.6 is 56.9 Å². The number of halogens is 2. The first-order chi connectivity index (χ1) is 11.5. The average Bonchev–Trinajstić information content (AvgIpc) is 2.86. The Kier molecular flexibility index (Phi) is 5.82. The Balaban J connectivity index is 1.70. The Morgan fingerprint density at radius 2 is 1.92 bits per heavy atom. The Morgan fingerprint density at radius 1 is 1.17 bits per heavy atom. The van der Waals surface area contributed by atoms with Gasteiger partial charge in [-0.15, -0.1) is 0 Å². The molecule has 0 unspecified atom stereocenters. The van der Waals surface area contributed by atoms with Crippen LogP contribution < -0.4 is 10.5 Å². The summed E-state index contributed by atoms with van der Waals surface area (Å²) in [5.74, 6) is 0.531. The van der Waals surface area contributed by atoms with Gasteiger partial charge in [-0.05, 0) is 98.4 Å². The highest BCUT2D eigenvalue weighted by molar-refractivity contribution is 14.1. The molecule has 2 aromatic rings. The second-order valence-electron chi connectivity index (χ2n) is 4.97. The smallest absolute Gasteiger partial charge is 0.286 e. The van der Waals surface area contributed by atoms with Crippen molar-refractivity contribution in [2.45, 2.75) is 6.61 Å². The van der Waals surface area contributed by atoms with Crippen LogP contribution in [0.1, 0.15) is 11.1 Å². The largest absolute Gasteiger partial charge is 0.488 e. The normalized spacial score (nSPS) is 15.7. The Bertz CT molecular complexity index is 848. The summed E-state index contributed by atoms with van der Waals surface area (Å²) in [6.45, 7) is 0.520. The number of carbonyl (C=O) groups excluding carboxylic acids is 1. The van der Waals surface area contributed by atoms with Crippen molar-refractivity contribution in [1.82, 2.24) is 0 Å². The minimum atomic E-state index is -0.286. The van der Waals surface area contributed by atoms with E-state index in [1.54, 1.807) is 6.08 Å². The molecule has 3 rings (SSSR count). The van der Waals surface area contributed by atoms with Gasteiger partial charge in [-0.1, -0.05) is 18.2 Å². The van der Waals surface area contributed by atoms with E-state index in [0.717, 1.165) is 20.4 Å². The summed E-state index contributed by atoms with van der Waals surface area (Å²) in [4.78, 5) is 15.9. The number of amides is 1. The quantitative estimate of drug-likeness (QED) is 0.444. The molecule has 0 saturated heterocycles. The lowest BCUT2D eigenvalue weighted by molar-refractivity contribution is -0.113. The molecule has 2 aromatic carbocycles. The van der Waals surface area contributed by atoms with E-state index in [0.29, 0.717) is 16.7 Å². The standard InChI is InChI=1S/C17H12I2N2O2S/c18-12-4-1-10(2-5-12)9-23-14-6-3-11(7-13(14)19)8-15-16(22)21-17(20)24-15/h1-8H,9H2,(H2,20,21,22). The van der Waals surface area contributed by atoms with Crippen LogP contribution in [0.3, 0.4) is 0 Å². The predicted octanol–water partition coefficient (Wildman–Crippen LogP) is 4.40. The van der Waals surface area contributed by atoms with Crippen molar-refractivity contribution in [3.8, 4) is 5.75 Å². The molecule has 0 saturated carbocycles. The van der Waals surface area contributed by atoms with Crippen LogP contribution in [0.4, 0.5) is 0 Å². The number of carbonyl (C=O) groups is 1. The topological polar surface area (TPSA) is 64.7 Å². The summed E-state index contributed by atoms with van der Waals surface area (Å²) in [7, 11) is 0. The number of hydrogen-bond acceptors (Lipinski definition) is 4. The van der Waals surface area contributed by atoms with Gasteiger partial charge in [0.15, 0.2) is 5.17 Å². The Morgan fingerprint density at radius 3 is 2.54 bits per heavy atom. The molecule has 0 fully saturated rings. The van der Waals surface area contributed by atoms with Crippen LogP contribution in [0.2, 0.25) is 0 Å². The fourth-order valence-corrected chi connectivity index (χ4v) is 3.78. The van der Waals surface area contributed by atoms with Crippen molar-refractivity contribution in [2.75, 3.05) is 0 Å². The SMILES string of the molecule is NC1=NC(=O)C(=Cc2ccc(OCc3ccc(I)cc3)c(I)c2)S1. The summed E-state index contributed by atoms with van der Waals surface area (Å²) in [6.07, 6.45) is 1.79. The fraction of sp³-hybridized carbons (Fsp3) is 0.0588. The molecule has 2 N–H and O–H groups in total. The van der Waals surface area contributed by atoms with Crippen LogP contribution in [0.25, 0.3) is 6.08 Å². The van der Waals surface area contributed by atoms with Crippen LogP contribution in [0, 0.1) is 7.14 Å². The van der Waals surface area contributed by atoms with E-state index in [2.05, 4.69) is 74.4 Å². The summed E-state index contributed by atoms with van der Waals surface area (Å²) in [5.41, 5.74) is 7.60. The number of hydrogen-bond donors (Lipinski definition) is 1. The molecule has 7 heteroatoms. The van der Waals surface area contributed by atoms with Crippen molar-refractivity contribution in [3.05, 3.63) is 65.6 Å². The number of aliphatic imine (C=N–C) groups is 1. The number of nitrogens with zero attached hydrogens (tertiary/aromatic N) is 1. The molecule has 1 aliphatic rings. The zero-order valence-electron chi connectivity index (χ0n) is 12.3. The predicted molar refractivity (Wildman–Crippen MR) is 115 cm³/mol. The number of ether oxygens (including phenoxy) is 1. The monoisotopic (exact) mass is 562 g/mol. The van der Waals surface area contributed by atoms with Gasteiger partial charge >= 0.3 is 0 Å². The first-order valence-electron chi connectivity index (χ1n) is 6.96. The van der Waals surface area contributed by atoms with E-state index in [1.165, 1.54) is 15.3 Å². The van der Waals surface area contributed by atoms with E-state index in [-0.39, 0.29) is 5.91 Å². The number of nitrogens with two attached hydrogens (primary N) is 1. The van der Waals surface area contributed by atoms with Crippen molar-refractivity contribution in [2.24, 2.45) is 10.7 Å². The van der Waals surface area contributed by atoms with Crippen LogP contribution in [-0.2, 0) is 11.4 Å². The number of thioether (sulfide) groups is 1. The molecule has 0 radical (unpaired) electrons. The van der Waals surface area contributed by atoms with Crippen molar-refractivity contribution < 1.29 is 9.53 Å². The van der Waals surface area contributed by atoms with Crippen LogP contribution in [0.5, 0.6) is 5.75 Å². The average molecular weight is 562 g/mol. The van der Waals surface area contributed by atoms with E-state index >= 15 is 0 Å². The first-order valence-corrected chi connectivity index (χ1v) is 9.93. The van der Waals surface area contributed by atoms with E-state index in [1.807, 2.05) is 18.2 Å². The van der Waals surface area contributed by atoms with Gasteiger partial charge in [-0.25, -0.2) is 0 Å². The summed E-state index contributed by atoms with van der Waals surface area (Å²) in [6, 6.07) is 14.0. The summed E-state index contributed by atoms with van der Waals surface area (Å²) < 4.78 is 8.06. The maximum absolute atomic E-state index is 11.6. The third-order valence-electron chi connectivity index (χ3n) is 3.20. The second-order valence-corrected chi connectivity index (χ2v) is 8.44. The van der Waals surface area contributed by atoms with E-state index in [4.69, 9.17) is 10.5 Å². The van der Waals surface area contributed by atoms with Crippen molar-refractivity contribution >= 4 is 74.1 Å². The zero-order chi connectivity index (χ0) is 17.1. The zero-order valence-corrected chi connectivity index (χ0v) is 17.5. The lowest BCUT2D eigenvalue weighted by Crippen LogP contribution is -2.01. The van der Waals surface area contributed by atoms with Gasteiger partial charge in [0.05, 0.1) is 8.48 Å². The van der Waals surface area contributed by atoms with Gasteiger partial charge in [-0.3, -0.25) is 4.79 Å². The number of benzene rings is 2. The highest BCUT2D eigenvalue weighted by Crippen LogP contribution is 2.29. The van der Waals surface area contributed by atoms with Gasteiger partial charge in [0.2, 0.25) is 0 Å². The molecule has 1 heterocycles. The lowest BCUT2D eigenvalue weighted by Gasteiger charge is -2.09. The molecule has 4 nitrogen and oxygen atoms in total. The third-order valence-corrected chi connectivity index (χ3v) is 5.57. The van der Waals surface area contributed by atoms with Crippen LogP contribution in [-0.4, -0.2) is 11.1 Å². The van der Waals surface area contributed by atoms with Gasteiger partial charge in [0, 0.05) is 3.57 Å².